The molecule has 0 aliphatic heterocycles. The third kappa shape index (κ3) is 1.93. The van der Waals surface area contributed by atoms with E-state index in [0.29, 0.717) is 0 Å². The van der Waals surface area contributed by atoms with Crippen LogP contribution in [0.3, 0.4) is 0 Å². The van der Waals surface area contributed by atoms with E-state index in [2.05, 4.69) is 0 Å². The lowest BCUT2D eigenvalue weighted by atomic mass is 9.91. The van der Waals surface area contributed by atoms with Crippen LogP contribution in [0.4, 0.5) is 0 Å². The summed E-state index contributed by atoms with van der Waals surface area (Å²) in [5, 5.41) is 9.41. The standard InChI is InChI=1S/C15H21NO2/c1-3-16(4-2)14(18)15(10-13(15)11-17)12-8-6-5-7-9-12/h5-9,13,17H,3-4,10-11H2,1-2H3/t13-,15+/m1/s1. The second kappa shape index (κ2) is 5.11. The Morgan fingerprint density at radius 3 is 2.39 bits per heavy atom. The van der Waals surface area contributed by atoms with Crippen LogP contribution in [0.25, 0.3) is 0 Å². The minimum Gasteiger partial charge on any atom is -0.396 e. The van der Waals surface area contributed by atoms with Crippen LogP contribution in [0.5, 0.6) is 0 Å². The van der Waals surface area contributed by atoms with Gasteiger partial charge in [0.25, 0.3) is 0 Å². The number of likely N-dealkylation sites (N-methyl/N-ethyl adjacent to an activating group) is 1. The van der Waals surface area contributed by atoms with Gasteiger partial charge in [-0.3, -0.25) is 4.79 Å². The average molecular weight is 247 g/mol. The first-order valence-corrected chi connectivity index (χ1v) is 6.66. The molecule has 1 amide bonds. The van der Waals surface area contributed by atoms with Crippen LogP contribution in [0.15, 0.2) is 30.3 Å². The molecule has 0 radical (unpaired) electrons. The van der Waals surface area contributed by atoms with Gasteiger partial charge in [-0.05, 0) is 25.8 Å². The first-order valence-electron chi connectivity index (χ1n) is 6.66. The first-order chi connectivity index (χ1) is 8.70. The third-order valence-electron chi connectivity index (χ3n) is 4.05. The van der Waals surface area contributed by atoms with Crippen LogP contribution in [-0.4, -0.2) is 35.6 Å². The molecule has 0 saturated heterocycles. The Kier molecular flexibility index (Phi) is 3.71. The number of carbonyl (C=O) groups excluding carboxylic acids is 1. The number of aliphatic hydroxyl groups is 1. The highest BCUT2D eigenvalue weighted by molar-refractivity contribution is 5.92. The highest BCUT2D eigenvalue weighted by Gasteiger charge is 2.61. The fraction of sp³-hybridized carbons (Fsp3) is 0.533. The number of amides is 1. The smallest absolute Gasteiger partial charge is 0.233 e. The summed E-state index contributed by atoms with van der Waals surface area (Å²) in [6.07, 6.45) is 0.767. The predicted molar refractivity (Wildman–Crippen MR) is 71.2 cm³/mol. The molecule has 1 saturated carbocycles. The van der Waals surface area contributed by atoms with Crippen molar-refractivity contribution in [3.05, 3.63) is 35.9 Å². The summed E-state index contributed by atoms with van der Waals surface area (Å²) in [5.41, 5.74) is 0.572. The summed E-state index contributed by atoms with van der Waals surface area (Å²) < 4.78 is 0. The van der Waals surface area contributed by atoms with Gasteiger partial charge in [0.1, 0.15) is 0 Å². The average Bonchev–Trinajstić information content (AvgIpc) is 3.17. The van der Waals surface area contributed by atoms with Crippen LogP contribution >= 0.6 is 0 Å². The van der Waals surface area contributed by atoms with Crippen LogP contribution in [0.2, 0.25) is 0 Å². The van der Waals surface area contributed by atoms with Crippen LogP contribution in [0.1, 0.15) is 25.8 Å². The van der Waals surface area contributed by atoms with Gasteiger partial charge in [-0.1, -0.05) is 30.3 Å². The van der Waals surface area contributed by atoms with Crippen LogP contribution in [-0.2, 0) is 10.2 Å². The van der Waals surface area contributed by atoms with Gasteiger partial charge in [-0.25, -0.2) is 0 Å². The number of carbonyl (C=O) groups is 1. The Bertz CT molecular complexity index is 414. The molecule has 1 aliphatic carbocycles. The van der Waals surface area contributed by atoms with E-state index in [1.807, 2.05) is 49.1 Å². The molecule has 3 heteroatoms. The van der Waals surface area contributed by atoms with Gasteiger partial charge in [-0.2, -0.15) is 0 Å². The zero-order valence-electron chi connectivity index (χ0n) is 11.1. The third-order valence-corrected chi connectivity index (χ3v) is 4.05. The van der Waals surface area contributed by atoms with Gasteiger partial charge < -0.3 is 10.0 Å². The van der Waals surface area contributed by atoms with E-state index < -0.39 is 5.41 Å². The highest BCUT2D eigenvalue weighted by atomic mass is 16.3. The van der Waals surface area contributed by atoms with Gasteiger partial charge in [0, 0.05) is 25.6 Å². The zero-order valence-corrected chi connectivity index (χ0v) is 11.1. The zero-order chi connectivity index (χ0) is 13.2. The minimum absolute atomic E-state index is 0.0769. The molecule has 1 aromatic carbocycles. The second-order valence-electron chi connectivity index (χ2n) is 4.90. The molecule has 2 atom stereocenters. The molecule has 18 heavy (non-hydrogen) atoms. The summed E-state index contributed by atoms with van der Waals surface area (Å²) in [7, 11) is 0. The van der Waals surface area contributed by atoms with E-state index >= 15 is 0 Å². The predicted octanol–water partition coefficient (Wildman–Crippen LogP) is 1.81. The Balaban J connectivity index is 2.32. The lowest BCUT2D eigenvalue weighted by Gasteiger charge is -2.26. The van der Waals surface area contributed by atoms with Gasteiger partial charge in [0.15, 0.2) is 0 Å². The maximum atomic E-state index is 12.7. The van der Waals surface area contributed by atoms with E-state index in [1.165, 1.54) is 0 Å². The monoisotopic (exact) mass is 247 g/mol. The van der Waals surface area contributed by atoms with E-state index in [9.17, 15) is 9.90 Å². The number of benzene rings is 1. The van der Waals surface area contributed by atoms with Crippen molar-refractivity contribution in [2.24, 2.45) is 5.92 Å². The quantitative estimate of drug-likeness (QED) is 0.862. The lowest BCUT2D eigenvalue weighted by Crippen LogP contribution is -2.40. The van der Waals surface area contributed by atoms with Gasteiger partial charge >= 0.3 is 0 Å². The highest BCUT2D eigenvalue weighted by Crippen LogP contribution is 2.55. The van der Waals surface area contributed by atoms with Crippen molar-refractivity contribution in [1.29, 1.82) is 0 Å². The van der Waals surface area contributed by atoms with Gasteiger partial charge in [-0.15, -0.1) is 0 Å². The molecule has 0 unspecified atom stereocenters. The van der Waals surface area contributed by atoms with Crippen molar-refractivity contribution < 1.29 is 9.90 Å². The summed E-state index contributed by atoms with van der Waals surface area (Å²) in [4.78, 5) is 14.5. The topological polar surface area (TPSA) is 40.5 Å². The maximum absolute atomic E-state index is 12.7. The number of hydrogen-bond acceptors (Lipinski definition) is 2. The van der Waals surface area contributed by atoms with Crippen molar-refractivity contribution >= 4 is 5.91 Å². The second-order valence-corrected chi connectivity index (χ2v) is 4.90. The van der Waals surface area contributed by atoms with E-state index in [4.69, 9.17) is 0 Å². The maximum Gasteiger partial charge on any atom is 0.233 e. The van der Waals surface area contributed by atoms with Crippen LogP contribution in [0, 0.1) is 5.92 Å². The molecule has 3 nitrogen and oxygen atoms in total. The first kappa shape index (κ1) is 13.1. The van der Waals surface area contributed by atoms with Gasteiger partial charge in [0.2, 0.25) is 5.91 Å². The fourth-order valence-electron chi connectivity index (χ4n) is 2.82. The molecule has 98 valence electrons. The van der Waals surface area contributed by atoms with Crippen molar-refractivity contribution in [1.82, 2.24) is 4.90 Å². The molecule has 0 aromatic heterocycles. The summed E-state index contributed by atoms with van der Waals surface area (Å²) in [5.74, 6) is 0.241. The molecule has 2 rings (SSSR count). The Hall–Kier alpha value is -1.35. The number of nitrogens with zero attached hydrogens (tertiary/aromatic N) is 1. The molecule has 0 heterocycles. The molecule has 1 N–H and O–H groups in total. The Morgan fingerprint density at radius 2 is 1.94 bits per heavy atom. The number of hydrogen-bond donors (Lipinski definition) is 1. The summed E-state index contributed by atoms with van der Waals surface area (Å²) in [6.45, 7) is 5.53. The minimum atomic E-state index is -0.470. The lowest BCUT2D eigenvalue weighted by molar-refractivity contribution is -0.134. The number of aliphatic hydroxyl groups excluding tert-OH is 1. The molecule has 0 spiro atoms. The van der Waals surface area contributed by atoms with E-state index in [0.717, 1.165) is 25.1 Å². The fourth-order valence-corrected chi connectivity index (χ4v) is 2.82. The van der Waals surface area contributed by atoms with E-state index in [1.54, 1.807) is 0 Å². The molecule has 1 aromatic rings. The Labute approximate surface area is 108 Å². The molecule has 1 aliphatic rings. The SMILES string of the molecule is CCN(CC)C(=O)[C@]1(c2ccccc2)C[C@@H]1CO. The summed E-state index contributed by atoms with van der Waals surface area (Å²) >= 11 is 0. The van der Waals surface area contributed by atoms with Crippen molar-refractivity contribution in [2.75, 3.05) is 19.7 Å². The van der Waals surface area contributed by atoms with Crippen molar-refractivity contribution in [3.63, 3.8) is 0 Å². The Morgan fingerprint density at radius 1 is 1.33 bits per heavy atom. The molecule has 0 bridgehead atoms. The van der Waals surface area contributed by atoms with E-state index in [-0.39, 0.29) is 18.4 Å². The number of rotatable bonds is 5. The van der Waals surface area contributed by atoms with Crippen molar-refractivity contribution in [3.8, 4) is 0 Å². The largest absolute Gasteiger partial charge is 0.396 e. The molecular formula is C15H21NO2. The summed E-state index contributed by atoms with van der Waals surface area (Å²) in [6, 6.07) is 9.86. The molecule has 1 fully saturated rings. The molecular weight excluding hydrogens is 226 g/mol. The van der Waals surface area contributed by atoms with Crippen LogP contribution < -0.4 is 0 Å². The van der Waals surface area contributed by atoms with Crippen molar-refractivity contribution in [2.45, 2.75) is 25.7 Å². The van der Waals surface area contributed by atoms with Gasteiger partial charge in [0.05, 0.1) is 5.41 Å². The normalized spacial score (nSPS) is 25.8.